The minimum atomic E-state index is -2.73. The molecule has 0 saturated heterocycles. The van der Waals surface area contributed by atoms with Crippen LogP contribution in [0.4, 0.5) is 0 Å². The highest BCUT2D eigenvalue weighted by molar-refractivity contribution is 7.43. The van der Waals surface area contributed by atoms with Gasteiger partial charge in [0.1, 0.15) is 0 Å². The fraction of sp³-hybridized carbons (Fsp3) is 1.00. The Morgan fingerprint density at radius 2 is 0.882 bits per heavy atom. The van der Waals surface area contributed by atoms with Crippen molar-refractivity contribution in [2.45, 2.75) is 52.4 Å². The largest absolute Gasteiger partial charge is 0.467 e. The zero-order valence-corrected chi connectivity index (χ0v) is 17.5. The van der Waals surface area contributed by atoms with Gasteiger partial charge in [0.05, 0.1) is 0 Å². The maximum atomic E-state index is 6.11. The highest BCUT2D eigenvalue weighted by Gasteiger charge is 2.47. The van der Waals surface area contributed by atoms with Gasteiger partial charge < -0.3 is 12.3 Å². The van der Waals surface area contributed by atoms with Crippen LogP contribution in [-0.4, -0.2) is 32.4 Å². The molecule has 0 aromatic rings. The van der Waals surface area contributed by atoms with Crippen LogP contribution >= 0.6 is 22.2 Å². The van der Waals surface area contributed by atoms with E-state index >= 15 is 0 Å². The van der Waals surface area contributed by atoms with Gasteiger partial charge in [0, 0.05) is 6.55 Å². The molecule has 0 aliphatic carbocycles. The Bertz CT molecular complexity index is 216. The predicted octanol–water partition coefficient (Wildman–Crippen LogP) is 4.32. The van der Waals surface area contributed by atoms with Gasteiger partial charge in [-0.2, -0.15) is 0 Å². The number of rotatable bonds is 6. The van der Waals surface area contributed by atoms with Crippen LogP contribution in [0.2, 0.25) is 52.4 Å². The summed E-state index contributed by atoms with van der Waals surface area (Å²) in [7, 11) is -6.24. The fourth-order valence-corrected chi connectivity index (χ4v) is 17.2. The van der Waals surface area contributed by atoms with Gasteiger partial charge in [-0.15, -0.1) is 22.2 Å². The van der Waals surface area contributed by atoms with E-state index in [-0.39, 0.29) is 0 Å². The maximum Gasteiger partial charge on any atom is 0.467 e. The molecule has 0 saturated carbocycles. The van der Waals surface area contributed by atoms with Crippen molar-refractivity contribution in [3.63, 3.8) is 0 Å². The molecule has 3 nitrogen and oxygen atoms in total. The second kappa shape index (κ2) is 5.76. The Morgan fingerprint density at radius 3 is 1.06 bits per heavy atom. The van der Waals surface area contributed by atoms with Gasteiger partial charge in [0.15, 0.2) is 16.6 Å². The number of hydrogen-bond donors (Lipinski definition) is 0. The summed E-state index contributed by atoms with van der Waals surface area (Å²) in [5.74, 6) is 0. The molecule has 0 N–H and O–H groups in total. The maximum absolute atomic E-state index is 6.11. The van der Waals surface area contributed by atoms with E-state index in [2.05, 4.69) is 39.3 Å². The molecule has 0 unspecified atom stereocenters. The lowest BCUT2D eigenvalue weighted by Crippen LogP contribution is -2.57. The van der Waals surface area contributed by atoms with Crippen LogP contribution in [-0.2, 0) is 12.3 Å². The van der Waals surface area contributed by atoms with Gasteiger partial charge >= 0.3 is 15.7 Å². The molecule has 0 fully saturated rings. The van der Waals surface area contributed by atoms with Gasteiger partial charge in [-0.3, -0.25) is 0 Å². The van der Waals surface area contributed by atoms with E-state index in [0.717, 1.165) is 0 Å². The van der Waals surface area contributed by atoms with E-state index in [4.69, 9.17) is 34.5 Å². The lowest BCUT2D eigenvalue weighted by Gasteiger charge is -2.39. The molecule has 0 spiro atoms. The minimum Gasteiger partial charge on any atom is -0.417 e. The van der Waals surface area contributed by atoms with Crippen LogP contribution in [0, 0.1) is 0 Å². The van der Waals surface area contributed by atoms with E-state index in [1.807, 2.05) is 6.55 Å². The topological polar surface area (TPSA) is 27.7 Å². The first kappa shape index (κ1) is 18.3. The lowest BCUT2D eigenvalue weighted by molar-refractivity contribution is 0.269. The van der Waals surface area contributed by atoms with Crippen LogP contribution < -0.4 is 0 Å². The number of halogens is 2. The van der Waals surface area contributed by atoms with Crippen LogP contribution in [0.5, 0.6) is 0 Å². The molecular formula is C8H24Cl2O3Si4. The summed E-state index contributed by atoms with van der Waals surface area (Å²) in [6.07, 6.45) is 0. The summed E-state index contributed by atoms with van der Waals surface area (Å²) in [5.41, 5.74) is 0. The first-order valence-electron chi connectivity index (χ1n) is 5.60. The normalized spacial score (nSPS) is 15.2. The van der Waals surface area contributed by atoms with Crippen molar-refractivity contribution in [3.8, 4) is 0 Å². The molecule has 0 aliphatic heterocycles. The average molecular weight is 352 g/mol. The SMILES string of the molecule is C[Si](C)(C)O[Si](C)(O[Si](C)(C)C)O[Si](C)(Cl)Cl. The van der Waals surface area contributed by atoms with Crippen molar-refractivity contribution in [1.82, 2.24) is 0 Å². The Labute approximate surface area is 119 Å². The molecule has 0 aromatic heterocycles. The molecule has 0 rings (SSSR count). The first-order valence-corrected chi connectivity index (χ1v) is 19.1. The van der Waals surface area contributed by atoms with E-state index in [1.165, 1.54) is 0 Å². The molecule has 0 aromatic carbocycles. The van der Waals surface area contributed by atoms with E-state index in [9.17, 15) is 0 Å². The summed E-state index contributed by atoms with van der Waals surface area (Å²) in [5, 5.41) is 0. The molecule has 0 atom stereocenters. The van der Waals surface area contributed by atoms with Crippen molar-refractivity contribution in [2.75, 3.05) is 0 Å². The third-order valence-corrected chi connectivity index (χ3v) is 13.5. The minimum absolute atomic E-state index is 1.72. The highest BCUT2D eigenvalue weighted by Crippen LogP contribution is 2.28. The Kier molecular flexibility index (Phi) is 6.21. The van der Waals surface area contributed by atoms with Crippen molar-refractivity contribution in [2.24, 2.45) is 0 Å². The zero-order valence-electron chi connectivity index (χ0n) is 12.0. The Balaban J connectivity index is 4.95. The molecule has 9 heteroatoms. The smallest absolute Gasteiger partial charge is 0.417 e. The predicted molar refractivity (Wildman–Crippen MR) is 84.9 cm³/mol. The summed E-state index contributed by atoms with van der Waals surface area (Å²) < 4.78 is 18.0. The monoisotopic (exact) mass is 350 g/mol. The van der Waals surface area contributed by atoms with Crippen LogP contribution in [0.3, 0.4) is 0 Å². The third kappa shape index (κ3) is 10.9. The highest BCUT2D eigenvalue weighted by atomic mass is 35.7. The van der Waals surface area contributed by atoms with Gasteiger partial charge in [-0.1, -0.05) is 0 Å². The van der Waals surface area contributed by atoms with Crippen molar-refractivity contribution in [3.05, 3.63) is 0 Å². The Morgan fingerprint density at radius 1 is 0.588 bits per heavy atom. The third-order valence-electron chi connectivity index (χ3n) is 1.35. The molecule has 0 bridgehead atoms. The van der Waals surface area contributed by atoms with Crippen LogP contribution in [0.1, 0.15) is 0 Å². The Hall–Kier alpha value is 1.33. The standard InChI is InChI=1S/C8H24Cl2O3Si4/c1-14(2,3)11-17(8,12-15(4,5)6)13-16(7,9)10/h1-8H3. The van der Waals surface area contributed by atoms with Crippen LogP contribution in [0.15, 0.2) is 0 Å². The van der Waals surface area contributed by atoms with Crippen molar-refractivity contribution >= 4 is 54.5 Å². The second-order valence-electron chi connectivity index (χ2n) is 6.20. The quantitative estimate of drug-likeness (QED) is 0.527. The second-order valence-corrected chi connectivity index (χ2v) is 25.3. The molecule has 0 heterocycles. The van der Waals surface area contributed by atoms with Gasteiger partial charge in [0.2, 0.25) is 0 Å². The van der Waals surface area contributed by atoms with Crippen molar-refractivity contribution in [1.29, 1.82) is 0 Å². The van der Waals surface area contributed by atoms with Gasteiger partial charge in [-0.25, -0.2) is 0 Å². The first-order chi connectivity index (χ1) is 7.12. The van der Waals surface area contributed by atoms with Gasteiger partial charge in [0.25, 0.3) is 0 Å². The van der Waals surface area contributed by atoms with Gasteiger partial charge in [-0.05, 0) is 45.8 Å². The summed E-state index contributed by atoms with van der Waals surface area (Å²) in [6, 6.07) is 0. The molecule has 0 aliphatic rings. The van der Waals surface area contributed by atoms with E-state index < -0.39 is 32.4 Å². The molecule has 104 valence electrons. The molecule has 17 heavy (non-hydrogen) atoms. The molecule has 0 radical (unpaired) electrons. The zero-order chi connectivity index (χ0) is 14.1. The summed E-state index contributed by atoms with van der Waals surface area (Å²) >= 11 is 12.1. The summed E-state index contributed by atoms with van der Waals surface area (Å²) in [6.45, 7) is 13.6. The summed E-state index contributed by atoms with van der Waals surface area (Å²) in [4.78, 5) is 0. The van der Waals surface area contributed by atoms with E-state index in [0.29, 0.717) is 0 Å². The molecule has 0 amide bonds. The van der Waals surface area contributed by atoms with Crippen LogP contribution in [0.25, 0.3) is 0 Å². The van der Waals surface area contributed by atoms with E-state index in [1.54, 1.807) is 6.55 Å². The fourth-order valence-electron chi connectivity index (χ4n) is 1.50. The molecular weight excluding hydrogens is 327 g/mol. The lowest BCUT2D eigenvalue weighted by atomic mass is 11.8. The number of hydrogen-bond acceptors (Lipinski definition) is 3. The van der Waals surface area contributed by atoms with Crippen molar-refractivity contribution < 1.29 is 12.3 Å². The average Bonchev–Trinajstić information content (AvgIpc) is 1.65.